The summed E-state index contributed by atoms with van der Waals surface area (Å²) in [6.07, 6.45) is 1.15. The van der Waals surface area contributed by atoms with E-state index < -0.39 is 12.4 Å². The molecule has 0 saturated heterocycles. The number of likely N-dealkylation sites (N-methyl/N-ethyl adjacent to an activating group) is 1. The number of hydrogen-bond acceptors (Lipinski definition) is 1. The molecule has 1 saturated carbocycles. The van der Waals surface area contributed by atoms with Crippen molar-refractivity contribution in [3.63, 3.8) is 0 Å². The van der Waals surface area contributed by atoms with E-state index in [0.717, 1.165) is 13.0 Å². The van der Waals surface area contributed by atoms with Gasteiger partial charge in [-0.2, -0.15) is 0 Å². The van der Waals surface area contributed by atoms with Crippen molar-refractivity contribution < 1.29 is 64.3 Å². The second-order valence-corrected chi connectivity index (χ2v) is 4.40. The van der Waals surface area contributed by atoms with Crippen LogP contribution in [0.4, 0.5) is 12.9 Å². The van der Waals surface area contributed by atoms with Crippen molar-refractivity contribution in [2.24, 2.45) is 11.8 Å². The molecular weight excluding hydrogens is 229 g/mol. The van der Waals surface area contributed by atoms with E-state index in [4.69, 9.17) is 0 Å². The molecule has 6 heteroatoms. The molecule has 0 bridgehead atoms. The minimum atomic E-state index is -4.86. The second kappa shape index (κ2) is 6.21. The molecule has 0 N–H and O–H groups in total. The first-order valence-corrected chi connectivity index (χ1v) is 4.87. The Balaban J connectivity index is 0.00000196. The molecule has 1 aliphatic rings. The summed E-state index contributed by atoms with van der Waals surface area (Å²) in [5, 5.41) is 0. The average Bonchev–Trinajstić information content (AvgIpc) is 2.63. The van der Waals surface area contributed by atoms with E-state index in [0.29, 0.717) is 11.8 Å². The summed E-state index contributed by atoms with van der Waals surface area (Å²) in [5.41, 5.74) is -0.596. The molecule has 2 atom stereocenters. The van der Waals surface area contributed by atoms with Gasteiger partial charge in [-0.1, -0.05) is 6.92 Å². The normalized spacial score (nSPS) is 24.9. The van der Waals surface area contributed by atoms with Crippen molar-refractivity contribution >= 4 is 6.98 Å². The molecule has 1 nitrogen and oxygen atoms in total. The maximum absolute atomic E-state index is 12.2. The van der Waals surface area contributed by atoms with Crippen LogP contribution in [0.25, 0.3) is 0 Å². The molecule has 15 heavy (non-hydrogen) atoms. The van der Waals surface area contributed by atoms with Gasteiger partial charge < -0.3 is 17.8 Å². The topological polar surface area (TPSA) is 3.24 Å². The van der Waals surface area contributed by atoms with Crippen LogP contribution < -0.4 is 51.4 Å². The average molecular weight is 245 g/mol. The van der Waals surface area contributed by atoms with Crippen LogP contribution in [-0.4, -0.2) is 32.0 Å². The predicted octanol–water partition coefficient (Wildman–Crippen LogP) is -0.479. The number of hydrogen-bond donors (Lipinski definition) is 0. The Morgan fingerprint density at radius 2 is 1.93 bits per heavy atom. The molecule has 1 fully saturated rings. The number of halogens is 3. The van der Waals surface area contributed by atoms with E-state index in [1.54, 1.807) is 11.9 Å². The van der Waals surface area contributed by atoms with Crippen LogP contribution in [0.5, 0.6) is 0 Å². The van der Waals surface area contributed by atoms with Gasteiger partial charge in [-0.25, -0.2) is 0 Å². The summed E-state index contributed by atoms with van der Waals surface area (Å²) in [4.78, 5) is 1.71. The zero-order valence-corrected chi connectivity index (χ0v) is 12.8. The maximum Gasteiger partial charge on any atom is 1.00 e. The second-order valence-electron chi connectivity index (χ2n) is 4.40. The van der Waals surface area contributed by atoms with Gasteiger partial charge in [-0.15, -0.1) is 12.1 Å². The molecule has 2 unspecified atom stereocenters. The Labute approximate surface area is 132 Å². The third-order valence-corrected chi connectivity index (χ3v) is 2.76. The number of nitrogens with zero attached hydrogens (tertiary/aromatic N) is 1. The van der Waals surface area contributed by atoms with Gasteiger partial charge in [0.15, 0.2) is 0 Å². The standard InChI is InChI=1S/C9H16BF3N.K/c1-7-4-9(7)6-14(3)5-8(2)10(11,12)13;/h7,9H,2,4-6H2,1,3H3;/q-1;+1. The Hall–Kier alpha value is 1.19. The fourth-order valence-electron chi connectivity index (χ4n) is 1.57. The quantitative estimate of drug-likeness (QED) is 0.591. The first-order valence-electron chi connectivity index (χ1n) is 4.87. The van der Waals surface area contributed by atoms with Crippen molar-refractivity contribution in [3.8, 4) is 0 Å². The SMILES string of the molecule is C=C(CN(C)CC1CC1C)[B-](F)(F)F.[K+]. The van der Waals surface area contributed by atoms with Gasteiger partial charge in [0.1, 0.15) is 0 Å². The van der Waals surface area contributed by atoms with E-state index in [-0.39, 0.29) is 57.9 Å². The van der Waals surface area contributed by atoms with Crippen LogP contribution in [0.15, 0.2) is 12.1 Å². The van der Waals surface area contributed by atoms with Crippen LogP contribution in [0.1, 0.15) is 13.3 Å². The molecule has 0 aromatic carbocycles. The Morgan fingerprint density at radius 3 is 2.27 bits per heavy atom. The van der Waals surface area contributed by atoms with Crippen LogP contribution in [0.2, 0.25) is 0 Å². The number of rotatable bonds is 5. The molecule has 0 spiro atoms. The maximum atomic E-state index is 12.2. The van der Waals surface area contributed by atoms with E-state index in [9.17, 15) is 12.9 Å². The Morgan fingerprint density at radius 1 is 1.47 bits per heavy atom. The minimum Gasteiger partial charge on any atom is -0.445 e. The molecule has 0 aromatic heterocycles. The Kier molecular flexibility index (Phi) is 6.71. The van der Waals surface area contributed by atoms with Gasteiger partial charge >= 0.3 is 58.4 Å². The van der Waals surface area contributed by atoms with Crippen molar-refractivity contribution in [1.29, 1.82) is 0 Å². The summed E-state index contributed by atoms with van der Waals surface area (Å²) >= 11 is 0. The molecular formula is C9H16BF3KN. The Bertz CT molecular complexity index is 232. The molecule has 0 heterocycles. The van der Waals surface area contributed by atoms with Gasteiger partial charge in [-0.05, 0) is 31.8 Å². The van der Waals surface area contributed by atoms with Crippen LogP contribution in [0.3, 0.4) is 0 Å². The monoisotopic (exact) mass is 245 g/mol. The van der Waals surface area contributed by atoms with Crippen molar-refractivity contribution in [2.45, 2.75) is 13.3 Å². The van der Waals surface area contributed by atoms with Crippen LogP contribution >= 0.6 is 0 Å². The summed E-state index contributed by atoms with van der Waals surface area (Å²) in [6.45, 7) is 1.05. The molecule has 82 valence electrons. The van der Waals surface area contributed by atoms with Gasteiger partial charge in [0.25, 0.3) is 0 Å². The molecule has 1 aliphatic carbocycles. The molecule has 1 rings (SSSR count). The zero-order valence-electron chi connectivity index (χ0n) is 9.64. The van der Waals surface area contributed by atoms with Crippen LogP contribution in [0, 0.1) is 11.8 Å². The molecule has 0 aromatic rings. The first-order chi connectivity index (χ1) is 6.30. The predicted molar refractivity (Wildman–Crippen MR) is 53.0 cm³/mol. The van der Waals surface area contributed by atoms with Gasteiger partial charge in [0.2, 0.25) is 0 Å². The smallest absolute Gasteiger partial charge is 0.445 e. The summed E-state index contributed by atoms with van der Waals surface area (Å²) in [5.74, 6) is 1.27. The van der Waals surface area contributed by atoms with Crippen molar-refractivity contribution in [3.05, 3.63) is 12.1 Å². The van der Waals surface area contributed by atoms with Gasteiger partial charge in [0, 0.05) is 6.54 Å². The van der Waals surface area contributed by atoms with Crippen molar-refractivity contribution in [1.82, 2.24) is 4.90 Å². The minimum absolute atomic E-state index is 0. The fourth-order valence-corrected chi connectivity index (χ4v) is 1.57. The summed E-state index contributed by atoms with van der Waals surface area (Å²) in [7, 11) is 1.72. The van der Waals surface area contributed by atoms with E-state index in [1.807, 2.05) is 0 Å². The van der Waals surface area contributed by atoms with Crippen LogP contribution in [-0.2, 0) is 0 Å². The van der Waals surface area contributed by atoms with Gasteiger partial charge in [-0.3, -0.25) is 0 Å². The zero-order chi connectivity index (χ0) is 10.9. The van der Waals surface area contributed by atoms with Crippen molar-refractivity contribution in [2.75, 3.05) is 20.1 Å². The van der Waals surface area contributed by atoms with Gasteiger partial charge in [0.05, 0.1) is 0 Å². The largest absolute Gasteiger partial charge is 1.00 e. The molecule has 0 aliphatic heterocycles. The third kappa shape index (κ3) is 5.89. The first kappa shape index (κ1) is 16.2. The van der Waals surface area contributed by atoms with E-state index >= 15 is 0 Å². The molecule has 0 amide bonds. The summed E-state index contributed by atoms with van der Waals surface area (Å²) in [6, 6.07) is 0. The van der Waals surface area contributed by atoms with E-state index in [1.165, 1.54) is 0 Å². The third-order valence-electron chi connectivity index (χ3n) is 2.76. The van der Waals surface area contributed by atoms with E-state index in [2.05, 4.69) is 13.5 Å². The summed E-state index contributed by atoms with van der Waals surface area (Å²) < 4.78 is 36.5. The molecule has 0 radical (unpaired) electrons. The fraction of sp³-hybridized carbons (Fsp3) is 0.778.